The molecule has 0 aliphatic rings. The first-order valence-corrected chi connectivity index (χ1v) is 8.34. The number of hydrogen-bond donors (Lipinski definition) is 1. The van der Waals surface area contributed by atoms with Crippen molar-refractivity contribution in [1.29, 1.82) is 5.26 Å². The summed E-state index contributed by atoms with van der Waals surface area (Å²) in [5.74, 6) is -0.303. The van der Waals surface area contributed by atoms with Gasteiger partial charge in [0.1, 0.15) is 0 Å². The molecule has 0 radical (unpaired) electrons. The second kappa shape index (κ2) is 7.30. The number of nitriles is 1. The molecule has 3 heterocycles. The Morgan fingerprint density at radius 2 is 2.00 bits per heavy atom. The van der Waals surface area contributed by atoms with Gasteiger partial charge < -0.3 is 5.32 Å². The van der Waals surface area contributed by atoms with Crippen LogP contribution < -0.4 is 5.32 Å². The number of hydrogen-bond acceptors (Lipinski definition) is 6. The highest BCUT2D eigenvalue weighted by Gasteiger charge is 2.22. The average molecular weight is 358 g/mol. The van der Waals surface area contributed by atoms with Gasteiger partial charge in [0.05, 0.1) is 34.8 Å². The van der Waals surface area contributed by atoms with Crippen molar-refractivity contribution in [2.45, 2.75) is 26.2 Å². The summed E-state index contributed by atoms with van der Waals surface area (Å²) >= 11 is 0. The molecule has 0 aliphatic carbocycles. The van der Waals surface area contributed by atoms with Gasteiger partial charge in [-0.05, 0) is 51.1 Å². The highest BCUT2D eigenvalue weighted by molar-refractivity contribution is 6.04. The number of anilines is 1. The predicted octanol–water partition coefficient (Wildman–Crippen LogP) is 3.30. The molecule has 0 fully saturated rings. The van der Waals surface area contributed by atoms with E-state index in [0.717, 1.165) is 11.3 Å². The van der Waals surface area contributed by atoms with Crippen LogP contribution in [-0.2, 0) is 5.41 Å². The number of carbonyl (C=O) groups excluding carboxylic acids is 1. The molecule has 3 aromatic heterocycles. The Balaban J connectivity index is 1.87. The first-order chi connectivity index (χ1) is 12.9. The lowest BCUT2D eigenvalue weighted by Crippen LogP contribution is -2.18. The summed E-state index contributed by atoms with van der Waals surface area (Å²) in [5, 5.41) is 20.1. The molecule has 0 spiro atoms. The van der Waals surface area contributed by atoms with Crippen LogP contribution in [0, 0.1) is 18.3 Å². The van der Waals surface area contributed by atoms with Crippen molar-refractivity contribution >= 4 is 11.6 Å². The fourth-order valence-electron chi connectivity index (χ4n) is 2.48. The third-order valence-electron chi connectivity index (χ3n) is 4.14. The molecule has 27 heavy (non-hydrogen) atoms. The zero-order valence-corrected chi connectivity index (χ0v) is 15.3. The number of aromatic nitrogens is 4. The fraction of sp³-hybridized carbons (Fsp3) is 0.200. The summed E-state index contributed by atoms with van der Waals surface area (Å²) in [5.41, 5.74) is 2.99. The largest absolute Gasteiger partial charge is 0.321 e. The normalized spacial score (nSPS) is 10.9. The molecule has 1 amide bonds. The predicted molar refractivity (Wildman–Crippen MR) is 101 cm³/mol. The SMILES string of the molecule is Cc1ncc(NC(=O)c2ccnc(C(C)(C)C#N)c2)cc1-c1cccnn1. The van der Waals surface area contributed by atoms with Crippen LogP contribution in [-0.4, -0.2) is 26.1 Å². The summed E-state index contributed by atoms with van der Waals surface area (Å²) < 4.78 is 0. The minimum atomic E-state index is -0.777. The second-order valence-corrected chi connectivity index (χ2v) is 6.59. The standard InChI is InChI=1S/C20H18N6O/c1-13-16(17-5-4-7-24-26-17)10-15(11-23-13)25-19(27)14-6-8-22-18(9-14)20(2,3)12-21/h4-11H,1-3H3,(H,25,27). The fourth-order valence-corrected chi connectivity index (χ4v) is 2.48. The van der Waals surface area contributed by atoms with E-state index in [1.54, 1.807) is 44.4 Å². The van der Waals surface area contributed by atoms with Crippen molar-refractivity contribution in [2.24, 2.45) is 0 Å². The van der Waals surface area contributed by atoms with Gasteiger partial charge in [-0.25, -0.2) is 0 Å². The number of amides is 1. The Hall–Kier alpha value is -3.66. The van der Waals surface area contributed by atoms with Crippen molar-refractivity contribution < 1.29 is 4.79 Å². The van der Waals surface area contributed by atoms with Crippen LogP contribution in [0.1, 0.15) is 35.6 Å². The van der Waals surface area contributed by atoms with Crippen LogP contribution >= 0.6 is 0 Å². The van der Waals surface area contributed by atoms with E-state index in [0.29, 0.717) is 22.6 Å². The number of aryl methyl sites for hydroxylation is 1. The number of pyridine rings is 2. The molecule has 0 atom stereocenters. The average Bonchev–Trinajstić information content (AvgIpc) is 2.70. The lowest BCUT2D eigenvalue weighted by molar-refractivity contribution is 0.102. The molecule has 1 N–H and O–H groups in total. The van der Waals surface area contributed by atoms with Gasteiger partial charge in [0, 0.05) is 29.2 Å². The lowest BCUT2D eigenvalue weighted by atomic mass is 9.90. The van der Waals surface area contributed by atoms with E-state index >= 15 is 0 Å². The lowest BCUT2D eigenvalue weighted by Gasteiger charge is -2.15. The van der Waals surface area contributed by atoms with Gasteiger partial charge in [-0.15, -0.1) is 0 Å². The van der Waals surface area contributed by atoms with Crippen LogP contribution in [0.5, 0.6) is 0 Å². The molecule has 7 heteroatoms. The maximum absolute atomic E-state index is 12.6. The van der Waals surface area contributed by atoms with Gasteiger partial charge in [-0.1, -0.05) is 0 Å². The summed E-state index contributed by atoms with van der Waals surface area (Å²) in [4.78, 5) is 21.2. The summed E-state index contributed by atoms with van der Waals surface area (Å²) in [6.07, 6.45) is 4.72. The van der Waals surface area contributed by atoms with E-state index in [4.69, 9.17) is 0 Å². The number of nitrogens with one attached hydrogen (secondary N) is 1. The van der Waals surface area contributed by atoms with Gasteiger partial charge in [-0.2, -0.15) is 15.5 Å². The van der Waals surface area contributed by atoms with E-state index in [9.17, 15) is 10.1 Å². The molecule has 0 unspecified atom stereocenters. The summed E-state index contributed by atoms with van der Waals surface area (Å²) in [6.45, 7) is 5.39. The van der Waals surface area contributed by atoms with Gasteiger partial charge in [0.15, 0.2) is 0 Å². The quantitative estimate of drug-likeness (QED) is 0.767. The Morgan fingerprint density at radius 1 is 1.19 bits per heavy atom. The van der Waals surface area contributed by atoms with E-state index in [1.807, 2.05) is 19.1 Å². The molecular formula is C20H18N6O. The van der Waals surface area contributed by atoms with Gasteiger partial charge >= 0.3 is 0 Å². The highest BCUT2D eigenvalue weighted by atomic mass is 16.1. The van der Waals surface area contributed by atoms with Crippen LogP contribution in [0.15, 0.2) is 48.9 Å². The second-order valence-electron chi connectivity index (χ2n) is 6.59. The Morgan fingerprint density at radius 3 is 2.70 bits per heavy atom. The monoisotopic (exact) mass is 358 g/mol. The molecule has 0 saturated carbocycles. The number of nitrogens with zero attached hydrogens (tertiary/aromatic N) is 5. The molecule has 3 aromatic rings. The maximum atomic E-state index is 12.6. The molecule has 3 rings (SSSR count). The first kappa shape index (κ1) is 18.1. The van der Waals surface area contributed by atoms with Crippen molar-refractivity contribution in [3.8, 4) is 17.3 Å². The zero-order chi connectivity index (χ0) is 19.4. The maximum Gasteiger partial charge on any atom is 0.255 e. The third-order valence-corrected chi connectivity index (χ3v) is 4.14. The molecule has 7 nitrogen and oxygen atoms in total. The topological polar surface area (TPSA) is 104 Å². The summed E-state index contributed by atoms with van der Waals surface area (Å²) in [6, 6.07) is 10.9. The van der Waals surface area contributed by atoms with Crippen LogP contribution in [0.4, 0.5) is 5.69 Å². The van der Waals surface area contributed by atoms with Crippen molar-refractivity contribution in [3.05, 3.63) is 65.9 Å². The van der Waals surface area contributed by atoms with Gasteiger partial charge in [0.2, 0.25) is 0 Å². The number of carbonyl (C=O) groups is 1. The third kappa shape index (κ3) is 3.96. The highest BCUT2D eigenvalue weighted by Crippen LogP contribution is 2.24. The summed E-state index contributed by atoms with van der Waals surface area (Å²) in [7, 11) is 0. The Kier molecular flexibility index (Phi) is 4.90. The Bertz CT molecular complexity index is 1020. The van der Waals surface area contributed by atoms with Gasteiger partial charge in [0.25, 0.3) is 5.91 Å². The molecule has 134 valence electrons. The van der Waals surface area contributed by atoms with E-state index in [2.05, 4.69) is 31.6 Å². The van der Waals surface area contributed by atoms with Crippen molar-refractivity contribution in [2.75, 3.05) is 5.32 Å². The molecular weight excluding hydrogens is 340 g/mol. The molecule has 0 aromatic carbocycles. The van der Waals surface area contributed by atoms with Crippen molar-refractivity contribution in [3.63, 3.8) is 0 Å². The minimum Gasteiger partial charge on any atom is -0.321 e. The minimum absolute atomic E-state index is 0.303. The van der Waals surface area contributed by atoms with E-state index < -0.39 is 5.41 Å². The molecule has 0 saturated heterocycles. The van der Waals surface area contributed by atoms with E-state index in [1.165, 1.54) is 6.20 Å². The van der Waals surface area contributed by atoms with Crippen LogP contribution in [0.25, 0.3) is 11.3 Å². The molecule has 0 bridgehead atoms. The van der Waals surface area contributed by atoms with Crippen LogP contribution in [0.3, 0.4) is 0 Å². The first-order valence-electron chi connectivity index (χ1n) is 8.34. The number of rotatable bonds is 4. The molecule has 0 aliphatic heterocycles. The zero-order valence-electron chi connectivity index (χ0n) is 15.3. The van der Waals surface area contributed by atoms with E-state index in [-0.39, 0.29) is 5.91 Å². The Labute approximate surface area is 157 Å². The van der Waals surface area contributed by atoms with Crippen LogP contribution in [0.2, 0.25) is 0 Å². The van der Waals surface area contributed by atoms with Gasteiger partial charge in [-0.3, -0.25) is 14.8 Å². The van der Waals surface area contributed by atoms with Crippen molar-refractivity contribution in [1.82, 2.24) is 20.2 Å². The smallest absolute Gasteiger partial charge is 0.255 e.